The lowest BCUT2D eigenvalue weighted by Gasteiger charge is -2.36. The molecule has 7 nitrogen and oxygen atoms in total. The molecular weight excluding hydrogens is 270 g/mol. The largest absolute Gasteiger partial charge is 0.467 e. The Hall–Kier alpha value is -1.63. The number of aromatic nitrogens is 3. The summed E-state index contributed by atoms with van der Waals surface area (Å²) >= 11 is 0. The number of ether oxygens (including phenoxy) is 2. The van der Waals surface area contributed by atoms with Gasteiger partial charge in [-0.25, -0.2) is 0 Å². The number of methoxy groups -OCH3 is 2. The highest BCUT2D eigenvalue weighted by atomic mass is 16.5. The first kappa shape index (κ1) is 15.8. The van der Waals surface area contributed by atoms with Crippen LogP contribution in [-0.4, -0.2) is 54.3 Å². The Bertz CT molecular complexity index is 433. The summed E-state index contributed by atoms with van der Waals surface area (Å²) in [6, 6.07) is 1.44. The van der Waals surface area contributed by atoms with Crippen LogP contribution in [0.25, 0.3) is 0 Å². The third-order valence-corrected chi connectivity index (χ3v) is 3.59. The van der Waals surface area contributed by atoms with Gasteiger partial charge in [-0.2, -0.15) is 9.97 Å². The molecule has 1 saturated heterocycles. The van der Waals surface area contributed by atoms with E-state index in [1.807, 2.05) is 0 Å². The SMILES string of the molecule is COc1nc(OC)nc(N2CCCCC2CNC(C)C)n1. The van der Waals surface area contributed by atoms with E-state index in [9.17, 15) is 0 Å². The molecule has 0 bridgehead atoms. The summed E-state index contributed by atoms with van der Waals surface area (Å²) in [5.74, 6) is 0.633. The molecule has 0 aromatic carbocycles. The fraction of sp³-hybridized carbons (Fsp3) is 0.786. The van der Waals surface area contributed by atoms with Crippen molar-refractivity contribution in [2.75, 3.05) is 32.2 Å². The predicted octanol–water partition coefficient (Wildman–Crippen LogP) is 1.25. The fourth-order valence-corrected chi connectivity index (χ4v) is 2.49. The van der Waals surface area contributed by atoms with Gasteiger partial charge in [-0.3, -0.25) is 0 Å². The first-order valence-electron chi connectivity index (χ1n) is 7.48. The number of nitrogens with one attached hydrogen (secondary N) is 1. The van der Waals surface area contributed by atoms with Crippen LogP contribution in [0, 0.1) is 0 Å². The fourth-order valence-electron chi connectivity index (χ4n) is 2.49. The second-order valence-corrected chi connectivity index (χ2v) is 5.51. The van der Waals surface area contributed by atoms with Crippen molar-refractivity contribution in [3.8, 4) is 12.0 Å². The van der Waals surface area contributed by atoms with Gasteiger partial charge in [-0.1, -0.05) is 13.8 Å². The maximum absolute atomic E-state index is 5.14. The topological polar surface area (TPSA) is 72.4 Å². The molecule has 7 heteroatoms. The maximum atomic E-state index is 5.14. The molecule has 1 N–H and O–H groups in total. The van der Waals surface area contributed by atoms with E-state index in [1.54, 1.807) is 14.2 Å². The Morgan fingerprint density at radius 2 is 1.81 bits per heavy atom. The van der Waals surface area contributed by atoms with Crippen molar-refractivity contribution < 1.29 is 9.47 Å². The molecule has 2 heterocycles. The minimum atomic E-state index is 0.290. The molecule has 1 aromatic rings. The molecule has 0 radical (unpaired) electrons. The number of piperidine rings is 1. The average molecular weight is 295 g/mol. The van der Waals surface area contributed by atoms with Crippen molar-refractivity contribution in [3.05, 3.63) is 0 Å². The highest BCUT2D eigenvalue weighted by Gasteiger charge is 2.26. The van der Waals surface area contributed by atoms with E-state index in [-0.39, 0.29) is 12.0 Å². The van der Waals surface area contributed by atoms with Crippen molar-refractivity contribution in [2.24, 2.45) is 0 Å². The molecule has 0 amide bonds. The van der Waals surface area contributed by atoms with Crippen LogP contribution in [0.15, 0.2) is 0 Å². The number of nitrogens with zero attached hydrogens (tertiary/aromatic N) is 4. The smallest absolute Gasteiger partial charge is 0.324 e. The first-order chi connectivity index (χ1) is 10.1. The number of rotatable bonds is 6. The Morgan fingerprint density at radius 3 is 2.38 bits per heavy atom. The molecule has 0 saturated carbocycles. The van der Waals surface area contributed by atoms with Crippen molar-refractivity contribution in [1.82, 2.24) is 20.3 Å². The molecule has 1 aliphatic heterocycles. The zero-order valence-electron chi connectivity index (χ0n) is 13.3. The number of hydrogen-bond donors (Lipinski definition) is 1. The van der Waals surface area contributed by atoms with Crippen LogP contribution in [0.2, 0.25) is 0 Å². The van der Waals surface area contributed by atoms with Gasteiger partial charge in [0.15, 0.2) is 0 Å². The predicted molar refractivity (Wildman–Crippen MR) is 81.1 cm³/mol. The summed E-state index contributed by atoms with van der Waals surface area (Å²) in [6.07, 6.45) is 3.52. The molecule has 0 spiro atoms. The van der Waals surface area contributed by atoms with Crippen molar-refractivity contribution in [3.63, 3.8) is 0 Å². The molecule has 21 heavy (non-hydrogen) atoms. The summed E-state index contributed by atoms with van der Waals surface area (Å²) in [4.78, 5) is 15.0. The third-order valence-electron chi connectivity index (χ3n) is 3.59. The Balaban J connectivity index is 2.19. The Labute approximate surface area is 126 Å². The minimum Gasteiger partial charge on any atom is -0.467 e. The lowest BCUT2D eigenvalue weighted by molar-refractivity contribution is 0.336. The van der Waals surface area contributed by atoms with Gasteiger partial charge >= 0.3 is 12.0 Å². The lowest BCUT2D eigenvalue weighted by atomic mass is 10.0. The zero-order chi connectivity index (χ0) is 15.2. The molecule has 2 rings (SSSR count). The first-order valence-corrected chi connectivity index (χ1v) is 7.48. The summed E-state index contributed by atoms with van der Waals surface area (Å²) in [5, 5.41) is 3.50. The van der Waals surface area contributed by atoms with E-state index < -0.39 is 0 Å². The van der Waals surface area contributed by atoms with Crippen LogP contribution < -0.4 is 19.7 Å². The molecule has 118 valence electrons. The molecule has 1 aliphatic rings. The van der Waals surface area contributed by atoms with Crippen LogP contribution in [0.1, 0.15) is 33.1 Å². The summed E-state index contributed by atoms with van der Waals surface area (Å²) in [7, 11) is 3.10. The third kappa shape index (κ3) is 4.17. The van der Waals surface area contributed by atoms with Crippen LogP contribution in [0.5, 0.6) is 12.0 Å². The second kappa shape index (κ2) is 7.40. The Kier molecular flexibility index (Phi) is 5.55. The van der Waals surface area contributed by atoms with Gasteiger partial charge in [0.1, 0.15) is 0 Å². The van der Waals surface area contributed by atoms with E-state index in [1.165, 1.54) is 6.42 Å². The normalized spacial score (nSPS) is 18.9. The van der Waals surface area contributed by atoms with Crippen molar-refractivity contribution in [1.29, 1.82) is 0 Å². The van der Waals surface area contributed by atoms with E-state index in [0.29, 0.717) is 18.0 Å². The highest BCUT2D eigenvalue weighted by molar-refractivity contribution is 5.34. The van der Waals surface area contributed by atoms with Crippen molar-refractivity contribution in [2.45, 2.75) is 45.2 Å². The Morgan fingerprint density at radius 1 is 1.14 bits per heavy atom. The summed E-state index contributed by atoms with van der Waals surface area (Å²) < 4.78 is 10.3. The quantitative estimate of drug-likeness (QED) is 0.846. The standard InChI is InChI=1S/C14H25N5O2/c1-10(2)15-9-11-7-5-6-8-19(11)12-16-13(20-3)18-14(17-12)21-4/h10-11,15H,5-9H2,1-4H3. The minimum absolute atomic E-state index is 0.290. The second-order valence-electron chi connectivity index (χ2n) is 5.51. The van der Waals surface area contributed by atoms with Gasteiger partial charge in [0.05, 0.1) is 14.2 Å². The summed E-state index contributed by atoms with van der Waals surface area (Å²) in [6.45, 7) is 6.18. The van der Waals surface area contributed by atoms with Gasteiger partial charge in [0, 0.05) is 25.2 Å². The van der Waals surface area contributed by atoms with Gasteiger partial charge in [0.2, 0.25) is 5.95 Å². The van der Waals surface area contributed by atoms with E-state index in [4.69, 9.17) is 9.47 Å². The van der Waals surface area contributed by atoms with Gasteiger partial charge in [-0.05, 0) is 19.3 Å². The molecule has 1 unspecified atom stereocenters. The molecule has 1 atom stereocenters. The lowest BCUT2D eigenvalue weighted by Crippen LogP contribution is -2.47. The van der Waals surface area contributed by atoms with Crippen LogP contribution in [0.4, 0.5) is 5.95 Å². The molecular formula is C14H25N5O2. The van der Waals surface area contributed by atoms with Gasteiger partial charge in [0.25, 0.3) is 0 Å². The average Bonchev–Trinajstić information content (AvgIpc) is 2.52. The van der Waals surface area contributed by atoms with Crippen LogP contribution >= 0.6 is 0 Å². The summed E-state index contributed by atoms with van der Waals surface area (Å²) in [5.41, 5.74) is 0. The zero-order valence-corrected chi connectivity index (χ0v) is 13.3. The number of anilines is 1. The molecule has 0 aliphatic carbocycles. The van der Waals surface area contributed by atoms with Crippen molar-refractivity contribution >= 4 is 5.95 Å². The highest BCUT2D eigenvalue weighted by Crippen LogP contribution is 2.24. The maximum Gasteiger partial charge on any atom is 0.324 e. The van der Waals surface area contributed by atoms with E-state index in [0.717, 1.165) is 25.9 Å². The van der Waals surface area contributed by atoms with E-state index in [2.05, 4.69) is 39.0 Å². The van der Waals surface area contributed by atoms with Gasteiger partial charge < -0.3 is 19.7 Å². The van der Waals surface area contributed by atoms with Crippen LogP contribution in [-0.2, 0) is 0 Å². The van der Waals surface area contributed by atoms with E-state index >= 15 is 0 Å². The molecule has 1 fully saturated rings. The number of hydrogen-bond acceptors (Lipinski definition) is 7. The van der Waals surface area contributed by atoms with Crippen LogP contribution in [0.3, 0.4) is 0 Å². The monoisotopic (exact) mass is 295 g/mol. The van der Waals surface area contributed by atoms with Gasteiger partial charge in [-0.15, -0.1) is 4.98 Å². The molecule has 1 aromatic heterocycles.